The number of hydrogen-bond donors (Lipinski definition) is 1. The van der Waals surface area contributed by atoms with Gasteiger partial charge in [-0.05, 0) is 39.5 Å². The molecule has 3 heterocycles. The second-order valence-electron chi connectivity index (χ2n) is 8.06. The number of ether oxygens (including phenoxy) is 1. The Labute approximate surface area is 153 Å². The minimum absolute atomic E-state index is 0.000915. The molecule has 1 spiro atoms. The molecular formula is C18H27N7O. The average Bonchev–Trinajstić information content (AvgIpc) is 3.08. The third kappa shape index (κ3) is 2.62. The SMILES string of the molecule is CCn1c(-c2n[nH]c(C3CC3)n2)nnc1N1CC2(CCCC2)OCC1C. The van der Waals surface area contributed by atoms with Gasteiger partial charge in [0.15, 0.2) is 0 Å². The third-order valence-electron chi connectivity index (χ3n) is 6.11. The van der Waals surface area contributed by atoms with E-state index in [1.54, 1.807) is 0 Å². The lowest BCUT2D eigenvalue weighted by Gasteiger charge is -2.44. The Kier molecular flexibility index (Phi) is 3.77. The summed E-state index contributed by atoms with van der Waals surface area (Å²) >= 11 is 0. The Morgan fingerprint density at radius 3 is 2.77 bits per heavy atom. The monoisotopic (exact) mass is 357 g/mol. The fourth-order valence-electron chi connectivity index (χ4n) is 4.37. The van der Waals surface area contributed by atoms with E-state index in [1.165, 1.54) is 25.7 Å². The molecule has 26 heavy (non-hydrogen) atoms. The Bertz CT molecular complexity index is 787. The summed E-state index contributed by atoms with van der Waals surface area (Å²) in [6.07, 6.45) is 7.22. The smallest absolute Gasteiger partial charge is 0.228 e. The molecule has 2 saturated carbocycles. The Morgan fingerprint density at radius 1 is 1.23 bits per heavy atom. The minimum Gasteiger partial charge on any atom is -0.371 e. The molecule has 8 nitrogen and oxygen atoms in total. The molecule has 5 rings (SSSR count). The van der Waals surface area contributed by atoms with Crippen molar-refractivity contribution in [2.24, 2.45) is 0 Å². The lowest BCUT2D eigenvalue weighted by molar-refractivity contribution is -0.0639. The van der Waals surface area contributed by atoms with Crippen molar-refractivity contribution in [3.05, 3.63) is 5.82 Å². The van der Waals surface area contributed by atoms with Crippen LogP contribution in [0.25, 0.3) is 11.6 Å². The van der Waals surface area contributed by atoms with Gasteiger partial charge in [-0.1, -0.05) is 12.8 Å². The fraction of sp³-hybridized carbons (Fsp3) is 0.778. The fourth-order valence-corrected chi connectivity index (χ4v) is 4.37. The van der Waals surface area contributed by atoms with Crippen LogP contribution in [0.3, 0.4) is 0 Å². The van der Waals surface area contributed by atoms with Crippen LogP contribution in [0.4, 0.5) is 5.95 Å². The second-order valence-corrected chi connectivity index (χ2v) is 8.06. The summed E-state index contributed by atoms with van der Waals surface area (Å²) in [5, 5.41) is 16.5. The molecule has 1 aliphatic heterocycles. The number of morpholine rings is 1. The molecule has 1 N–H and O–H groups in total. The lowest BCUT2D eigenvalue weighted by atomic mass is 9.98. The quantitative estimate of drug-likeness (QED) is 0.905. The summed E-state index contributed by atoms with van der Waals surface area (Å²) in [6.45, 7) is 6.77. The average molecular weight is 357 g/mol. The van der Waals surface area contributed by atoms with E-state index in [0.29, 0.717) is 11.7 Å². The van der Waals surface area contributed by atoms with Crippen LogP contribution in [0.15, 0.2) is 0 Å². The van der Waals surface area contributed by atoms with Crippen molar-refractivity contribution in [1.82, 2.24) is 29.9 Å². The maximum Gasteiger partial charge on any atom is 0.228 e. The van der Waals surface area contributed by atoms with Gasteiger partial charge < -0.3 is 9.64 Å². The summed E-state index contributed by atoms with van der Waals surface area (Å²) in [5.74, 6) is 3.86. The summed E-state index contributed by atoms with van der Waals surface area (Å²) < 4.78 is 8.41. The number of aromatic amines is 1. The normalized spacial score (nSPS) is 25.3. The third-order valence-corrected chi connectivity index (χ3v) is 6.11. The van der Waals surface area contributed by atoms with E-state index in [4.69, 9.17) is 4.74 Å². The highest BCUT2D eigenvalue weighted by atomic mass is 16.5. The van der Waals surface area contributed by atoms with E-state index in [2.05, 4.69) is 48.7 Å². The molecule has 1 atom stereocenters. The van der Waals surface area contributed by atoms with Crippen LogP contribution in [-0.2, 0) is 11.3 Å². The lowest BCUT2D eigenvalue weighted by Crippen LogP contribution is -2.55. The van der Waals surface area contributed by atoms with Gasteiger partial charge in [0.25, 0.3) is 0 Å². The Hall–Kier alpha value is -1.96. The Morgan fingerprint density at radius 2 is 2.04 bits per heavy atom. The van der Waals surface area contributed by atoms with Crippen molar-refractivity contribution in [3.8, 4) is 11.6 Å². The van der Waals surface area contributed by atoms with Crippen LogP contribution < -0.4 is 4.90 Å². The summed E-state index contributed by atoms with van der Waals surface area (Å²) in [5.41, 5.74) is 0.000915. The predicted octanol–water partition coefficient (Wildman–Crippen LogP) is 2.50. The van der Waals surface area contributed by atoms with E-state index in [0.717, 1.165) is 50.1 Å². The topological polar surface area (TPSA) is 84.8 Å². The first-order chi connectivity index (χ1) is 12.7. The second kappa shape index (κ2) is 6.04. The van der Waals surface area contributed by atoms with Crippen molar-refractivity contribution in [3.63, 3.8) is 0 Å². The first-order valence-electron chi connectivity index (χ1n) is 9.95. The molecular weight excluding hydrogens is 330 g/mol. The van der Waals surface area contributed by atoms with Crippen LogP contribution in [-0.4, -0.2) is 54.7 Å². The molecule has 140 valence electrons. The van der Waals surface area contributed by atoms with Gasteiger partial charge in [0, 0.05) is 12.5 Å². The van der Waals surface area contributed by atoms with Crippen LogP contribution in [0.5, 0.6) is 0 Å². The van der Waals surface area contributed by atoms with E-state index in [9.17, 15) is 0 Å². The van der Waals surface area contributed by atoms with Crippen LogP contribution in [0.2, 0.25) is 0 Å². The number of H-pyrrole nitrogens is 1. The van der Waals surface area contributed by atoms with Crippen LogP contribution >= 0.6 is 0 Å². The van der Waals surface area contributed by atoms with Crippen molar-refractivity contribution in [2.45, 2.75) is 76.5 Å². The first-order valence-corrected chi connectivity index (χ1v) is 9.95. The summed E-state index contributed by atoms with van der Waals surface area (Å²) in [6, 6.07) is 0.290. The largest absolute Gasteiger partial charge is 0.371 e. The number of nitrogens with zero attached hydrogens (tertiary/aromatic N) is 6. The van der Waals surface area contributed by atoms with E-state index < -0.39 is 0 Å². The molecule has 3 aliphatic rings. The maximum absolute atomic E-state index is 6.26. The minimum atomic E-state index is 0.000915. The molecule has 8 heteroatoms. The highest BCUT2D eigenvalue weighted by Gasteiger charge is 2.43. The molecule has 0 aromatic carbocycles. The highest BCUT2D eigenvalue weighted by molar-refractivity contribution is 5.49. The number of nitrogens with one attached hydrogen (secondary N) is 1. The maximum atomic E-state index is 6.26. The summed E-state index contributed by atoms with van der Waals surface area (Å²) in [7, 11) is 0. The van der Waals surface area contributed by atoms with Gasteiger partial charge in [-0.15, -0.1) is 15.3 Å². The van der Waals surface area contributed by atoms with E-state index >= 15 is 0 Å². The number of rotatable bonds is 4. The van der Waals surface area contributed by atoms with Gasteiger partial charge in [-0.25, -0.2) is 4.98 Å². The Balaban J connectivity index is 1.47. The molecule has 2 aliphatic carbocycles. The molecule has 0 radical (unpaired) electrons. The zero-order valence-electron chi connectivity index (χ0n) is 15.6. The highest BCUT2D eigenvalue weighted by Crippen LogP contribution is 2.40. The van der Waals surface area contributed by atoms with Gasteiger partial charge in [-0.3, -0.25) is 9.67 Å². The predicted molar refractivity (Wildman–Crippen MR) is 97.0 cm³/mol. The number of anilines is 1. The zero-order chi connectivity index (χ0) is 17.7. The standard InChI is InChI=1S/C18H27N7O/c1-3-24-16(15-19-14(20-21-15)13-6-7-13)22-23-17(24)25-11-18(8-4-5-9-18)26-10-12(25)2/h12-13H,3-11H2,1-2H3,(H,19,20,21). The van der Waals surface area contributed by atoms with E-state index in [1.807, 2.05) is 0 Å². The summed E-state index contributed by atoms with van der Waals surface area (Å²) in [4.78, 5) is 7.04. The molecule has 1 unspecified atom stereocenters. The molecule has 2 aromatic heterocycles. The molecule has 0 bridgehead atoms. The number of hydrogen-bond acceptors (Lipinski definition) is 6. The molecule has 1 saturated heterocycles. The first kappa shape index (κ1) is 16.2. The van der Waals surface area contributed by atoms with Gasteiger partial charge in [0.1, 0.15) is 5.82 Å². The molecule has 0 amide bonds. The van der Waals surface area contributed by atoms with Gasteiger partial charge in [0.2, 0.25) is 17.6 Å². The van der Waals surface area contributed by atoms with Gasteiger partial charge in [0.05, 0.1) is 24.8 Å². The van der Waals surface area contributed by atoms with Crippen molar-refractivity contribution in [1.29, 1.82) is 0 Å². The zero-order valence-corrected chi connectivity index (χ0v) is 15.6. The van der Waals surface area contributed by atoms with Crippen molar-refractivity contribution < 1.29 is 4.74 Å². The van der Waals surface area contributed by atoms with E-state index in [-0.39, 0.29) is 11.6 Å². The van der Waals surface area contributed by atoms with Crippen LogP contribution in [0, 0.1) is 0 Å². The molecule has 3 fully saturated rings. The molecule has 2 aromatic rings. The van der Waals surface area contributed by atoms with Crippen LogP contribution in [0.1, 0.15) is 64.1 Å². The van der Waals surface area contributed by atoms with Gasteiger partial charge >= 0.3 is 0 Å². The van der Waals surface area contributed by atoms with Crippen molar-refractivity contribution >= 4 is 5.95 Å². The van der Waals surface area contributed by atoms with Gasteiger partial charge in [-0.2, -0.15) is 0 Å². The van der Waals surface area contributed by atoms with Crippen molar-refractivity contribution in [2.75, 3.05) is 18.1 Å². The number of aromatic nitrogens is 6.